The van der Waals surface area contributed by atoms with Crippen LogP contribution in [0.1, 0.15) is 19.4 Å². The van der Waals surface area contributed by atoms with Crippen molar-refractivity contribution in [1.82, 2.24) is 15.9 Å². The Morgan fingerprint density at radius 1 is 1.40 bits per heavy atom. The van der Waals surface area contributed by atoms with Gasteiger partial charge in [0.25, 0.3) is 0 Å². The first-order chi connectivity index (χ1) is 7.25. The minimum absolute atomic E-state index is 0.670. The summed E-state index contributed by atoms with van der Waals surface area (Å²) in [6.07, 6.45) is 6.73. The van der Waals surface area contributed by atoms with E-state index in [1.165, 1.54) is 5.56 Å². The van der Waals surface area contributed by atoms with Crippen molar-refractivity contribution in [3.05, 3.63) is 36.3 Å². The van der Waals surface area contributed by atoms with Crippen LogP contribution >= 0.6 is 0 Å². The van der Waals surface area contributed by atoms with E-state index in [4.69, 9.17) is 0 Å². The normalized spacial score (nSPS) is 14.7. The van der Waals surface area contributed by atoms with Gasteiger partial charge in [0.05, 0.1) is 0 Å². The van der Waals surface area contributed by atoms with Gasteiger partial charge in [-0.05, 0) is 24.0 Å². The van der Waals surface area contributed by atoms with Crippen molar-refractivity contribution in [3.63, 3.8) is 0 Å². The Bertz CT molecular complexity index is 342. The Morgan fingerprint density at radius 2 is 2.27 bits per heavy atom. The predicted molar refractivity (Wildman–Crippen MR) is 60.7 cm³/mol. The highest BCUT2D eigenvalue weighted by molar-refractivity contribution is 5.42. The molecule has 1 aromatic heterocycles. The number of hydrogen-bond acceptors (Lipinski definition) is 4. The number of nitrogens with zero attached hydrogens (tertiary/aromatic N) is 2. The van der Waals surface area contributed by atoms with Crippen molar-refractivity contribution in [2.75, 3.05) is 5.01 Å². The van der Waals surface area contributed by atoms with Crippen LogP contribution in [0.5, 0.6) is 0 Å². The Kier molecular flexibility index (Phi) is 2.87. The molecule has 4 heteroatoms. The second-order valence-electron chi connectivity index (χ2n) is 4.06. The zero-order valence-corrected chi connectivity index (χ0v) is 9.07. The molecule has 2 rings (SSSR count). The fraction of sp³-hybridized carbons (Fsp3) is 0.364. The van der Waals surface area contributed by atoms with Gasteiger partial charge in [0, 0.05) is 18.6 Å². The fourth-order valence-corrected chi connectivity index (χ4v) is 1.54. The third-order valence-corrected chi connectivity index (χ3v) is 2.19. The second kappa shape index (κ2) is 4.31. The van der Waals surface area contributed by atoms with E-state index in [2.05, 4.69) is 35.9 Å². The van der Waals surface area contributed by atoms with E-state index in [-0.39, 0.29) is 0 Å². The van der Waals surface area contributed by atoms with E-state index >= 15 is 0 Å². The van der Waals surface area contributed by atoms with Crippen molar-refractivity contribution in [3.8, 4) is 0 Å². The molecule has 15 heavy (non-hydrogen) atoms. The highest BCUT2D eigenvalue weighted by atomic mass is 15.7. The summed E-state index contributed by atoms with van der Waals surface area (Å²) in [5.74, 6) is 1.56. The van der Waals surface area contributed by atoms with Crippen LogP contribution in [-0.4, -0.2) is 4.98 Å². The van der Waals surface area contributed by atoms with Crippen LogP contribution in [0.25, 0.3) is 0 Å². The maximum absolute atomic E-state index is 4.39. The van der Waals surface area contributed by atoms with Crippen LogP contribution in [-0.2, 0) is 6.42 Å². The van der Waals surface area contributed by atoms with E-state index < -0.39 is 0 Å². The largest absolute Gasteiger partial charge is 0.309 e. The zero-order valence-electron chi connectivity index (χ0n) is 9.07. The van der Waals surface area contributed by atoms with Gasteiger partial charge < -0.3 is 5.43 Å². The highest BCUT2D eigenvalue weighted by Crippen LogP contribution is 2.13. The second-order valence-corrected chi connectivity index (χ2v) is 4.06. The molecule has 1 aliphatic heterocycles. The summed E-state index contributed by atoms with van der Waals surface area (Å²) in [6, 6.07) is 4.14. The van der Waals surface area contributed by atoms with Crippen LogP contribution < -0.4 is 16.0 Å². The Hall–Kier alpha value is -1.55. The summed E-state index contributed by atoms with van der Waals surface area (Å²) >= 11 is 0. The molecular formula is C11H16N4. The average molecular weight is 204 g/mol. The van der Waals surface area contributed by atoms with Gasteiger partial charge in [-0.3, -0.25) is 0 Å². The Labute approximate surface area is 89.9 Å². The number of pyridine rings is 1. The van der Waals surface area contributed by atoms with Gasteiger partial charge in [0.1, 0.15) is 5.82 Å². The van der Waals surface area contributed by atoms with Crippen LogP contribution in [0.4, 0.5) is 5.82 Å². The molecule has 80 valence electrons. The zero-order chi connectivity index (χ0) is 10.7. The summed E-state index contributed by atoms with van der Waals surface area (Å²) < 4.78 is 0. The quantitative estimate of drug-likeness (QED) is 0.784. The first-order valence-corrected chi connectivity index (χ1v) is 5.18. The molecule has 1 aliphatic rings. The van der Waals surface area contributed by atoms with E-state index in [9.17, 15) is 0 Å². The standard InChI is InChI=1S/C11H16N4/c1-9(2)7-10-3-4-11(12-8-10)15-6-5-13-14-15/h3-6,8-9,13-14H,7H2,1-2H3. The lowest BCUT2D eigenvalue weighted by Gasteiger charge is -2.14. The number of hydrogen-bond donors (Lipinski definition) is 2. The maximum Gasteiger partial charge on any atom is 0.148 e. The third kappa shape index (κ3) is 2.47. The molecule has 0 radical (unpaired) electrons. The van der Waals surface area contributed by atoms with Gasteiger partial charge in [0.2, 0.25) is 0 Å². The molecule has 0 saturated heterocycles. The first-order valence-electron chi connectivity index (χ1n) is 5.18. The molecule has 1 aromatic rings. The molecule has 0 bridgehead atoms. The summed E-state index contributed by atoms with van der Waals surface area (Å²) in [7, 11) is 0. The monoisotopic (exact) mass is 204 g/mol. The molecule has 0 saturated carbocycles. The van der Waals surface area contributed by atoms with Gasteiger partial charge in [-0.1, -0.05) is 19.9 Å². The maximum atomic E-state index is 4.39. The Balaban J connectivity index is 2.06. The lowest BCUT2D eigenvalue weighted by atomic mass is 10.1. The molecule has 2 heterocycles. The van der Waals surface area contributed by atoms with Crippen molar-refractivity contribution in [2.24, 2.45) is 5.92 Å². The molecule has 0 fully saturated rings. The van der Waals surface area contributed by atoms with E-state index in [0.717, 1.165) is 12.2 Å². The van der Waals surface area contributed by atoms with Crippen molar-refractivity contribution >= 4 is 5.82 Å². The molecule has 0 amide bonds. The summed E-state index contributed by atoms with van der Waals surface area (Å²) in [5.41, 5.74) is 7.10. The summed E-state index contributed by atoms with van der Waals surface area (Å²) in [5, 5.41) is 1.83. The lowest BCUT2D eigenvalue weighted by Crippen LogP contribution is -2.35. The van der Waals surface area contributed by atoms with Crippen molar-refractivity contribution in [2.45, 2.75) is 20.3 Å². The number of rotatable bonds is 3. The SMILES string of the molecule is CC(C)Cc1ccc(N2C=CNN2)nc1. The van der Waals surface area contributed by atoms with Gasteiger partial charge >= 0.3 is 0 Å². The number of nitrogens with one attached hydrogen (secondary N) is 2. The van der Waals surface area contributed by atoms with E-state index in [0.29, 0.717) is 5.92 Å². The van der Waals surface area contributed by atoms with Gasteiger partial charge in [-0.25, -0.2) is 9.99 Å². The van der Waals surface area contributed by atoms with Crippen LogP contribution in [0.15, 0.2) is 30.7 Å². The van der Waals surface area contributed by atoms with Crippen molar-refractivity contribution < 1.29 is 0 Å². The van der Waals surface area contributed by atoms with Crippen LogP contribution in [0.2, 0.25) is 0 Å². The molecule has 4 nitrogen and oxygen atoms in total. The molecule has 0 aromatic carbocycles. The number of hydrazine groups is 2. The molecule has 0 aliphatic carbocycles. The third-order valence-electron chi connectivity index (χ3n) is 2.19. The van der Waals surface area contributed by atoms with E-state index in [1.54, 1.807) is 0 Å². The average Bonchev–Trinajstić information content (AvgIpc) is 2.71. The molecule has 0 unspecified atom stereocenters. The topological polar surface area (TPSA) is 40.2 Å². The van der Waals surface area contributed by atoms with Gasteiger partial charge in [-0.2, -0.15) is 0 Å². The first kappa shape index (κ1) is 9.98. The summed E-state index contributed by atoms with van der Waals surface area (Å²) in [6.45, 7) is 4.42. The van der Waals surface area contributed by atoms with Crippen LogP contribution in [0, 0.1) is 5.92 Å². The lowest BCUT2D eigenvalue weighted by molar-refractivity contribution is 0.643. The molecular weight excluding hydrogens is 188 g/mol. The minimum Gasteiger partial charge on any atom is -0.309 e. The van der Waals surface area contributed by atoms with Gasteiger partial charge in [-0.15, -0.1) is 5.53 Å². The van der Waals surface area contributed by atoms with Gasteiger partial charge in [0.15, 0.2) is 0 Å². The summed E-state index contributed by atoms with van der Waals surface area (Å²) in [4.78, 5) is 4.39. The molecule has 0 spiro atoms. The van der Waals surface area contributed by atoms with Crippen LogP contribution in [0.3, 0.4) is 0 Å². The Morgan fingerprint density at radius 3 is 2.80 bits per heavy atom. The minimum atomic E-state index is 0.670. The predicted octanol–water partition coefficient (Wildman–Crippen LogP) is 1.58. The fourth-order valence-electron chi connectivity index (χ4n) is 1.54. The highest BCUT2D eigenvalue weighted by Gasteiger charge is 2.07. The molecule has 2 N–H and O–H groups in total. The van der Waals surface area contributed by atoms with E-state index in [1.807, 2.05) is 29.7 Å². The van der Waals surface area contributed by atoms with Crippen molar-refractivity contribution in [1.29, 1.82) is 0 Å². The smallest absolute Gasteiger partial charge is 0.148 e. The number of anilines is 1. The molecule has 0 atom stereocenters. The number of aromatic nitrogens is 1.